The highest BCUT2D eigenvalue weighted by Crippen LogP contribution is 2.32. The van der Waals surface area contributed by atoms with Gasteiger partial charge < -0.3 is 18.9 Å². The number of carbonyl (C=O) groups is 1. The third-order valence-electron chi connectivity index (χ3n) is 7.13. The Labute approximate surface area is 207 Å². The number of nitrogens with zero attached hydrogens (tertiary/aromatic N) is 4. The molecule has 2 fully saturated rings. The van der Waals surface area contributed by atoms with E-state index >= 15 is 0 Å². The van der Waals surface area contributed by atoms with Crippen molar-refractivity contribution in [1.82, 2.24) is 19.5 Å². The maximum atomic E-state index is 13.7. The van der Waals surface area contributed by atoms with E-state index in [1.807, 2.05) is 41.3 Å². The Bertz CT molecular complexity index is 1310. The maximum absolute atomic E-state index is 13.7. The van der Waals surface area contributed by atoms with Gasteiger partial charge in [-0.25, -0.2) is 0 Å². The van der Waals surface area contributed by atoms with Crippen LogP contribution in [-0.2, 0) is 6.54 Å². The lowest BCUT2D eigenvalue weighted by Gasteiger charge is -2.36. The van der Waals surface area contributed by atoms with Gasteiger partial charge in [0.05, 0.1) is 15.8 Å². The molecule has 0 saturated carbocycles. The molecule has 1 aromatic carbocycles. The number of fused-ring (bicyclic) bond motifs is 1. The number of likely N-dealkylation sites (tertiary alicyclic amines) is 2. The lowest BCUT2D eigenvalue weighted by molar-refractivity contribution is 0.0635. The van der Waals surface area contributed by atoms with Gasteiger partial charge in [-0.15, -0.1) is 11.3 Å². The van der Waals surface area contributed by atoms with E-state index in [0.717, 1.165) is 47.4 Å². The molecule has 6 nitrogen and oxygen atoms in total. The van der Waals surface area contributed by atoms with Gasteiger partial charge in [0.1, 0.15) is 11.4 Å². The van der Waals surface area contributed by atoms with Crippen molar-refractivity contribution in [3.63, 3.8) is 0 Å². The third kappa shape index (κ3) is 4.17. The number of carbonyl (C=O) groups excluding carboxylic acids is 1. The number of benzene rings is 1. The van der Waals surface area contributed by atoms with Crippen LogP contribution in [0.5, 0.6) is 0 Å². The van der Waals surface area contributed by atoms with Crippen molar-refractivity contribution in [1.29, 1.82) is 0 Å². The van der Waals surface area contributed by atoms with E-state index in [1.54, 1.807) is 0 Å². The van der Waals surface area contributed by atoms with Crippen LogP contribution in [0.2, 0.25) is 4.34 Å². The number of aromatic nitrogens is 2. The standard InChI is InChI=1S/C26H27ClN4O2S/c27-25-8-7-24(34-25)23-16-19(28-33-23)17-31-21-6-2-1-5-18(21)15-22(31)26(32)30-13-9-20(10-14-30)29-11-3-4-12-29/h1-2,5-8,15-16,20H,3-4,9-14,17H2. The molecular formula is C26H27ClN4O2S. The molecule has 0 unspecified atom stereocenters. The van der Waals surface area contributed by atoms with Crippen molar-refractivity contribution in [2.45, 2.75) is 38.3 Å². The maximum Gasteiger partial charge on any atom is 0.270 e. The monoisotopic (exact) mass is 494 g/mol. The first-order valence-electron chi connectivity index (χ1n) is 12.0. The van der Waals surface area contributed by atoms with E-state index < -0.39 is 0 Å². The Morgan fingerprint density at radius 1 is 1.06 bits per heavy atom. The van der Waals surface area contributed by atoms with Gasteiger partial charge in [0.25, 0.3) is 5.91 Å². The molecule has 1 amide bonds. The molecule has 0 N–H and O–H groups in total. The number of para-hydroxylation sites is 1. The smallest absolute Gasteiger partial charge is 0.270 e. The molecule has 5 heterocycles. The molecule has 4 aromatic rings. The summed E-state index contributed by atoms with van der Waals surface area (Å²) < 4.78 is 8.38. The fourth-order valence-corrected chi connectivity index (χ4v) is 6.36. The van der Waals surface area contributed by atoms with Crippen LogP contribution in [0, 0.1) is 0 Å². The van der Waals surface area contributed by atoms with Crippen LogP contribution >= 0.6 is 22.9 Å². The first-order valence-corrected chi connectivity index (χ1v) is 13.2. The fraction of sp³-hybridized carbons (Fsp3) is 0.385. The second-order valence-corrected chi connectivity index (χ2v) is 10.9. The number of piperidine rings is 1. The van der Waals surface area contributed by atoms with Gasteiger partial charge in [-0.05, 0) is 63.0 Å². The highest BCUT2D eigenvalue weighted by molar-refractivity contribution is 7.19. The third-order valence-corrected chi connectivity index (χ3v) is 8.38. The first kappa shape index (κ1) is 21.9. The summed E-state index contributed by atoms with van der Waals surface area (Å²) in [5.41, 5.74) is 2.52. The minimum Gasteiger partial charge on any atom is -0.355 e. The number of hydrogen-bond donors (Lipinski definition) is 0. The fourth-order valence-electron chi connectivity index (χ4n) is 5.37. The Morgan fingerprint density at radius 3 is 2.62 bits per heavy atom. The summed E-state index contributed by atoms with van der Waals surface area (Å²) >= 11 is 7.54. The Kier molecular flexibility index (Phi) is 5.93. The lowest BCUT2D eigenvalue weighted by Crippen LogP contribution is -2.46. The lowest BCUT2D eigenvalue weighted by atomic mass is 10.0. The second-order valence-electron chi connectivity index (χ2n) is 9.23. The van der Waals surface area contributed by atoms with Crippen molar-refractivity contribution < 1.29 is 9.32 Å². The number of amides is 1. The molecule has 0 atom stereocenters. The minimum absolute atomic E-state index is 0.102. The molecule has 3 aromatic heterocycles. The van der Waals surface area contributed by atoms with E-state index in [0.29, 0.717) is 28.4 Å². The summed E-state index contributed by atoms with van der Waals surface area (Å²) in [6.45, 7) is 4.53. The number of thiophene rings is 1. The van der Waals surface area contributed by atoms with E-state index in [-0.39, 0.29) is 5.91 Å². The first-order chi connectivity index (χ1) is 16.7. The predicted molar refractivity (Wildman–Crippen MR) is 136 cm³/mol. The molecule has 2 aliphatic rings. The van der Waals surface area contributed by atoms with Crippen LogP contribution in [0.25, 0.3) is 21.5 Å². The van der Waals surface area contributed by atoms with Crippen LogP contribution in [0.3, 0.4) is 0 Å². The van der Waals surface area contributed by atoms with Crippen LogP contribution in [0.4, 0.5) is 0 Å². The highest BCUT2D eigenvalue weighted by Gasteiger charge is 2.30. The topological polar surface area (TPSA) is 54.5 Å². The van der Waals surface area contributed by atoms with E-state index in [2.05, 4.69) is 26.8 Å². The molecule has 6 rings (SSSR count). The average Bonchev–Trinajstić information content (AvgIpc) is 3.66. The van der Waals surface area contributed by atoms with E-state index in [4.69, 9.17) is 16.1 Å². The summed E-state index contributed by atoms with van der Waals surface area (Å²) in [6, 6.07) is 16.5. The zero-order valence-corrected chi connectivity index (χ0v) is 20.5. The predicted octanol–water partition coefficient (Wildman–Crippen LogP) is 5.76. The molecule has 0 bridgehead atoms. The van der Waals surface area contributed by atoms with Crippen molar-refractivity contribution in [2.24, 2.45) is 0 Å². The summed E-state index contributed by atoms with van der Waals surface area (Å²) in [5.74, 6) is 0.796. The van der Waals surface area contributed by atoms with Crippen molar-refractivity contribution in [2.75, 3.05) is 26.2 Å². The SMILES string of the molecule is O=C(c1cc2ccccc2n1Cc1cc(-c2ccc(Cl)s2)on1)N1CCC(N2CCCC2)CC1. The highest BCUT2D eigenvalue weighted by atomic mass is 35.5. The molecular weight excluding hydrogens is 468 g/mol. The second kappa shape index (κ2) is 9.21. The molecule has 0 spiro atoms. The molecule has 0 radical (unpaired) electrons. The Morgan fingerprint density at radius 2 is 1.85 bits per heavy atom. The van der Waals surface area contributed by atoms with E-state index in [1.165, 1.54) is 37.3 Å². The van der Waals surface area contributed by atoms with Gasteiger partial charge in [-0.2, -0.15) is 0 Å². The van der Waals surface area contributed by atoms with Gasteiger partial charge in [0, 0.05) is 36.1 Å². The van der Waals surface area contributed by atoms with E-state index in [9.17, 15) is 4.79 Å². The van der Waals surface area contributed by atoms with Crippen molar-refractivity contribution in [3.8, 4) is 10.6 Å². The number of rotatable bonds is 5. The van der Waals surface area contributed by atoms with Gasteiger partial charge in [0.15, 0.2) is 5.76 Å². The number of hydrogen-bond acceptors (Lipinski definition) is 5. The normalized spacial score (nSPS) is 17.7. The largest absolute Gasteiger partial charge is 0.355 e. The molecule has 2 aliphatic heterocycles. The zero-order chi connectivity index (χ0) is 23.1. The van der Waals surface area contributed by atoms with Crippen LogP contribution < -0.4 is 0 Å². The van der Waals surface area contributed by atoms with Crippen LogP contribution in [-0.4, -0.2) is 57.7 Å². The number of halogens is 1. The summed E-state index contributed by atoms with van der Waals surface area (Å²) in [6.07, 6.45) is 4.73. The zero-order valence-electron chi connectivity index (χ0n) is 19.0. The van der Waals surface area contributed by atoms with Crippen molar-refractivity contribution >= 4 is 39.7 Å². The van der Waals surface area contributed by atoms with Crippen LogP contribution in [0.1, 0.15) is 41.9 Å². The summed E-state index contributed by atoms with van der Waals surface area (Å²) in [4.78, 5) is 19.3. The molecule has 0 aliphatic carbocycles. The molecule has 2 saturated heterocycles. The Hall–Kier alpha value is -2.61. The molecule has 8 heteroatoms. The molecule has 34 heavy (non-hydrogen) atoms. The molecule has 176 valence electrons. The summed E-state index contributed by atoms with van der Waals surface area (Å²) in [5, 5.41) is 5.35. The Balaban J connectivity index is 1.25. The van der Waals surface area contributed by atoms with Crippen molar-refractivity contribution in [3.05, 3.63) is 64.3 Å². The average molecular weight is 495 g/mol. The van der Waals surface area contributed by atoms with Gasteiger partial charge in [-0.3, -0.25) is 4.79 Å². The quantitative estimate of drug-likeness (QED) is 0.354. The summed E-state index contributed by atoms with van der Waals surface area (Å²) in [7, 11) is 0. The van der Waals surface area contributed by atoms with Gasteiger partial charge >= 0.3 is 0 Å². The minimum atomic E-state index is 0.102. The van der Waals surface area contributed by atoms with Crippen LogP contribution in [0.15, 0.2) is 53.1 Å². The van der Waals surface area contributed by atoms with Gasteiger partial charge in [-0.1, -0.05) is 35.0 Å². The van der Waals surface area contributed by atoms with Gasteiger partial charge in [0.2, 0.25) is 0 Å².